The highest BCUT2D eigenvalue weighted by Gasteiger charge is 2.15. The van der Waals surface area contributed by atoms with E-state index in [2.05, 4.69) is 10.6 Å². The van der Waals surface area contributed by atoms with E-state index < -0.39 is 5.97 Å². The lowest BCUT2D eigenvalue weighted by atomic mass is 10.1. The quantitative estimate of drug-likeness (QED) is 0.598. The molecule has 1 aromatic carbocycles. The van der Waals surface area contributed by atoms with Gasteiger partial charge in [0.1, 0.15) is 17.9 Å². The van der Waals surface area contributed by atoms with Crippen LogP contribution in [0, 0.1) is 0 Å². The molecule has 1 aliphatic rings. The van der Waals surface area contributed by atoms with Gasteiger partial charge in [-0.25, -0.2) is 4.79 Å². The van der Waals surface area contributed by atoms with Crippen LogP contribution in [0.3, 0.4) is 0 Å². The fraction of sp³-hybridized carbons (Fsp3) is 0.429. The van der Waals surface area contributed by atoms with Crippen LogP contribution in [-0.4, -0.2) is 47.9 Å². The molecule has 1 fully saturated rings. The third-order valence-electron chi connectivity index (χ3n) is 3.25. The van der Waals surface area contributed by atoms with Crippen LogP contribution in [0.25, 0.3) is 0 Å². The molecule has 7 heteroatoms. The molecule has 0 radical (unpaired) electrons. The molecule has 21 heavy (non-hydrogen) atoms. The Morgan fingerprint density at radius 3 is 2.71 bits per heavy atom. The first kappa shape index (κ1) is 15.3. The molecule has 0 bridgehead atoms. The number of ether oxygens (including phenoxy) is 1. The molecule has 2 rings (SSSR count). The van der Waals surface area contributed by atoms with Crippen LogP contribution in [0.15, 0.2) is 18.2 Å². The largest absolute Gasteiger partial charge is 0.507 e. The zero-order valence-electron chi connectivity index (χ0n) is 11.5. The van der Waals surface area contributed by atoms with E-state index in [1.54, 1.807) is 0 Å². The minimum atomic E-state index is -1.26. The van der Waals surface area contributed by atoms with E-state index in [4.69, 9.17) is 9.84 Å². The number of amides is 1. The molecule has 1 aromatic rings. The number of piperidine rings is 1. The van der Waals surface area contributed by atoms with E-state index in [1.165, 1.54) is 18.2 Å². The lowest BCUT2D eigenvalue weighted by Gasteiger charge is -2.22. The molecule has 4 N–H and O–H groups in total. The fourth-order valence-corrected chi connectivity index (χ4v) is 2.14. The molecule has 0 saturated carbocycles. The van der Waals surface area contributed by atoms with E-state index in [0.717, 1.165) is 25.9 Å². The number of rotatable bonds is 5. The summed E-state index contributed by atoms with van der Waals surface area (Å²) in [5, 5.41) is 24.0. The highest BCUT2D eigenvalue weighted by molar-refractivity contribution is 5.96. The maximum atomic E-state index is 11.8. The van der Waals surface area contributed by atoms with Crippen molar-refractivity contribution in [3.8, 4) is 5.75 Å². The van der Waals surface area contributed by atoms with Crippen molar-refractivity contribution >= 4 is 17.6 Å². The van der Waals surface area contributed by atoms with E-state index in [1.807, 2.05) is 0 Å². The van der Waals surface area contributed by atoms with E-state index in [9.17, 15) is 14.7 Å². The Balaban J connectivity index is 1.87. The molecular weight excluding hydrogens is 276 g/mol. The zero-order valence-corrected chi connectivity index (χ0v) is 11.5. The number of aromatic hydroxyl groups is 1. The van der Waals surface area contributed by atoms with E-state index >= 15 is 0 Å². The zero-order chi connectivity index (χ0) is 15.2. The number of carbonyl (C=O) groups excluding carboxylic acids is 1. The third-order valence-corrected chi connectivity index (χ3v) is 3.25. The van der Waals surface area contributed by atoms with Crippen molar-refractivity contribution in [1.29, 1.82) is 0 Å². The van der Waals surface area contributed by atoms with Gasteiger partial charge in [-0.2, -0.15) is 0 Å². The summed E-state index contributed by atoms with van der Waals surface area (Å²) in [4.78, 5) is 22.6. The Morgan fingerprint density at radius 1 is 1.33 bits per heavy atom. The summed E-state index contributed by atoms with van der Waals surface area (Å²) in [5.74, 6) is -1.95. The summed E-state index contributed by atoms with van der Waals surface area (Å²) in [7, 11) is 0. The first-order valence-corrected chi connectivity index (χ1v) is 6.75. The molecule has 1 amide bonds. The van der Waals surface area contributed by atoms with Gasteiger partial charge in [-0.1, -0.05) is 0 Å². The number of carboxylic acids is 1. The van der Waals surface area contributed by atoms with Gasteiger partial charge in [0.15, 0.2) is 0 Å². The molecule has 1 heterocycles. The summed E-state index contributed by atoms with van der Waals surface area (Å²) in [6.45, 7) is 1.69. The fourth-order valence-electron chi connectivity index (χ4n) is 2.14. The number of benzene rings is 1. The van der Waals surface area contributed by atoms with Crippen molar-refractivity contribution in [2.24, 2.45) is 0 Å². The predicted octanol–water partition coefficient (Wildman–Crippen LogP) is 0.797. The van der Waals surface area contributed by atoms with Crippen LogP contribution >= 0.6 is 0 Å². The number of hydrogen-bond donors (Lipinski definition) is 4. The van der Waals surface area contributed by atoms with Gasteiger partial charge in [-0.05, 0) is 44.1 Å². The summed E-state index contributed by atoms with van der Waals surface area (Å²) in [6.07, 6.45) is 1.82. The molecule has 0 atom stereocenters. The van der Waals surface area contributed by atoms with Crippen molar-refractivity contribution in [2.45, 2.75) is 18.9 Å². The first-order valence-electron chi connectivity index (χ1n) is 6.75. The monoisotopic (exact) mass is 294 g/mol. The molecule has 7 nitrogen and oxygen atoms in total. The summed E-state index contributed by atoms with van der Waals surface area (Å²) < 4.78 is 5.50. The van der Waals surface area contributed by atoms with Crippen LogP contribution in [0.2, 0.25) is 0 Å². The number of carbonyl (C=O) groups is 2. The molecule has 0 aromatic heterocycles. The minimum absolute atomic E-state index is 0.0754. The summed E-state index contributed by atoms with van der Waals surface area (Å²) in [5.41, 5.74) is 0.0520. The smallest absolute Gasteiger partial charge is 0.339 e. The van der Waals surface area contributed by atoms with Crippen LogP contribution in [0.1, 0.15) is 23.2 Å². The van der Waals surface area contributed by atoms with E-state index in [-0.39, 0.29) is 29.9 Å². The average molecular weight is 294 g/mol. The predicted molar refractivity (Wildman–Crippen MR) is 75.5 cm³/mol. The maximum absolute atomic E-state index is 11.8. The van der Waals surface area contributed by atoms with E-state index in [0.29, 0.717) is 5.69 Å². The van der Waals surface area contributed by atoms with Crippen molar-refractivity contribution in [2.75, 3.05) is 25.0 Å². The van der Waals surface area contributed by atoms with Crippen molar-refractivity contribution in [1.82, 2.24) is 5.32 Å². The van der Waals surface area contributed by atoms with Crippen molar-refractivity contribution in [3.63, 3.8) is 0 Å². The lowest BCUT2D eigenvalue weighted by molar-refractivity contribution is -0.123. The number of carboxylic acid groups (broad SMARTS) is 1. The van der Waals surface area contributed by atoms with Crippen LogP contribution < -0.4 is 10.6 Å². The normalized spacial score (nSPS) is 15.6. The molecule has 0 spiro atoms. The number of hydrogen-bond acceptors (Lipinski definition) is 5. The molecule has 0 aliphatic carbocycles. The maximum Gasteiger partial charge on any atom is 0.339 e. The van der Waals surface area contributed by atoms with Gasteiger partial charge in [0.2, 0.25) is 5.91 Å². The third kappa shape index (κ3) is 4.44. The SMILES string of the molecule is O=C(COC1CCNCC1)Nc1ccc(O)c(C(=O)O)c1. The number of phenols is 1. The van der Waals surface area contributed by atoms with Gasteiger partial charge in [0.25, 0.3) is 0 Å². The van der Waals surface area contributed by atoms with Crippen LogP contribution in [0.4, 0.5) is 5.69 Å². The Bertz CT molecular complexity index is 526. The molecule has 0 unspecified atom stereocenters. The van der Waals surface area contributed by atoms with Crippen LogP contribution in [0.5, 0.6) is 5.75 Å². The summed E-state index contributed by atoms with van der Waals surface area (Å²) >= 11 is 0. The standard InChI is InChI=1S/C14H18N2O5/c17-12-2-1-9(7-11(12)14(19)20)16-13(18)8-21-10-3-5-15-6-4-10/h1-2,7,10,15,17H,3-6,8H2,(H,16,18)(H,19,20). The average Bonchev–Trinajstić information content (AvgIpc) is 2.48. The summed E-state index contributed by atoms with van der Waals surface area (Å²) in [6, 6.07) is 3.87. The van der Waals surface area contributed by atoms with Gasteiger partial charge in [0.05, 0.1) is 6.10 Å². The van der Waals surface area contributed by atoms with Gasteiger partial charge < -0.3 is 25.6 Å². The highest BCUT2D eigenvalue weighted by Crippen LogP contribution is 2.21. The van der Waals surface area contributed by atoms with Crippen molar-refractivity contribution in [3.05, 3.63) is 23.8 Å². The highest BCUT2D eigenvalue weighted by atomic mass is 16.5. The number of anilines is 1. The second-order valence-electron chi connectivity index (χ2n) is 4.85. The Hall–Kier alpha value is -2.12. The molecule has 1 saturated heterocycles. The first-order chi connectivity index (χ1) is 10.1. The van der Waals surface area contributed by atoms with Crippen LogP contribution in [-0.2, 0) is 9.53 Å². The Kier molecular flexibility index (Phi) is 5.13. The second-order valence-corrected chi connectivity index (χ2v) is 4.85. The minimum Gasteiger partial charge on any atom is -0.507 e. The molecular formula is C14H18N2O5. The van der Waals surface area contributed by atoms with Gasteiger partial charge in [-0.15, -0.1) is 0 Å². The number of aromatic carboxylic acids is 1. The van der Waals surface area contributed by atoms with Gasteiger partial charge in [0, 0.05) is 5.69 Å². The Labute approximate surface area is 121 Å². The van der Waals surface area contributed by atoms with Gasteiger partial charge >= 0.3 is 5.97 Å². The van der Waals surface area contributed by atoms with Crippen molar-refractivity contribution < 1.29 is 24.5 Å². The topological polar surface area (TPSA) is 108 Å². The second kappa shape index (κ2) is 7.05. The Morgan fingerprint density at radius 2 is 2.05 bits per heavy atom. The van der Waals surface area contributed by atoms with Gasteiger partial charge in [-0.3, -0.25) is 4.79 Å². The molecule has 114 valence electrons. The molecule has 1 aliphatic heterocycles. The number of nitrogens with one attached hydrogen (secondary N) is 2. The lowest BCUT2D eigenvalue weighted by Crippen LogP contribution is -2.34.